The van der Waals surface area contributed by atoms with Gasteiger partial charge in [0.05, 0.1) is 10.5 Å². The number of nitrogens with zero attached hydrogens (tertiary/aromatic N) is 1. The second-order valence-corrected chi connectivity index (χ2v) is 10.3. The van der Waals surface area contributed by atoms with Crippen LogP contribution in [0.1, 0.15) is 31.9 Å². The van der Waals surface area contributed by atoms with E-state index < -0.39 is 14.6 Å². The number of sulfone groups is 1. The zero-order valence-corrected chi connectivity index (χ0v) is 19.8. The lowest BCUT2D eigenvalue weighted by Crippen LogP contribution is -2.41. The highest BCUT2D eigenvalue weighted by atomic mass is 127. The first-order chi connectivity index (χ1) is 11.1. The molecule has 0 bridgehead atoms. The molecule has 0 spiro atoms. The minimum Gasteiger partial charge on any atom is -0.355 e. The van der Waals surface area contributed by atoms with Crippen LogP contribution in [0.5, 0.6) is 0 Å². The molecular weight excluding hydrogens is 469 g/mol. The van der Waals surface area contributed by atoms with E-state index in [0.717, 1.165) is 0 Å². The summed E-state index contributed by atoms with van der Waals surface area (Å²) < 4.78 is 23.5. The van der Waals surface area contributed by atoms with E-state index in [1.54, 1.807) is 39.6 Å². The first-order valence-electron chi connectivity index (χ1n) is 7.91. The van der Waals surface area contributed by atoms with Gasteiger partial charge in [-0.3, -0.25) is 4.99 Å². The fourth-order valence-corrected chi connectivity index (χ4v) is 3.70. The molecule has 144 valence electrons. The number of benzene rings is 1. The Balaban J connectivity index is 0.00000576. The van der Waals surface area contributed by atoms with Crippen LogP contribution in [-0.4, -0.2) is 44.7 Å². The second kappa shape index (κ2) is 10.6. The highest BCUT2D eigenvalue weighted by Crippen LogP contribution is 2.21. The Morgan fingerprint density at radius 3 is 2.40 bits per heavy atom. The lowest BCUT2D eigenvalue weighted by Gasteiger charge is -2.20. The van der Waals surface area contributed by atoms with Gasteiger partial charge < -0.3 is 10.6 Å². The van der Waals surface area contributed by atoms with Gasteiger partial charge in [0.15, 0.2) is 15.8 Å². The summed E-state index contributed by atoms with van der Waals surface area (Å²) >= 11 is 1.71. The van der Waals surface area contributed by atoms with Crippen molar-refractivity contribution >= 4 is 51.5 Å². The minimum atomic E-state index is -3.13. The van der Waals surface area contributed by atoms with E-state index in [2.05, 4.69) is 47.0 Å². The zero-order valence-electron chi connectivity index (χ0n) is 15.8. The fourth-order valence-electron chi connectivity index (χ4n) is 2.01. The highest BCUT2D eigenvalue weighted by molar-refractivity contribution is 14.0. The van der Waals surface area contributed by atoms with Crippen LogP contribution in [0.25, 0.3) is 0 Å². The summed E-state index contributed by atoms with van der Waals surface area (Å²) in [6.07, 6.45) is 2.06. The second-order valence-electron chi connectivity index (χ2n) is 6.60. The quantitative estimate of drug-likeness (QED) is 0.272. The number of rotatable bonds is 6. The number of guanidine groups is 1. The molecule has 25 heavy (non-hydrogen) atoms. The van der Waals surface area contributed by atoms with E-state index in [4.69, 9.17) is 0 Å². The monoisotopic (exact) mass is 499 g/mol. The molecule has 0 atom stereocenters. The van der Waals surface area contributed by atoms with Crippen LogP contribution < -0.4 is 10.6 Å². The van der Waals surface area contributed by atoms with E-state index >= 15 is 0 Å². The predicted octanol–water partition coefficient (Wildman–Crippen LogP) is 3.21. The van der Waals surface area contributed by atoms with Crippen molar-refractivity contribution in [1.29, 1.82) is 0 Å². The van der Waals surface area contributed by atoms with Crippen molar-refractivity contribution in [2.24, 2.45) is 4.99 Å². The summed E-state index contributed by atoms with van der Waals surface area (Å²) in [5.74, 6) is 0.685. The summed E-state index contributed by atoms with van der Waals surface area (Å²) in [6, 6.07) is 6.35. The molecular formula is C17H30IN3O2S2. The summed E-state index contributed by atoms with van der Waals surface area (Å²) in [5, 5.41) is 6.31. The van der Waals surface area contributed by atoms with Gasteiger partial charge in [-0.1, -0.05) is 12.1 Å². The third kappa shape index (κ3) is 7.74. The van der Waals surface area contributed by atoms with Crippen molar-refractivity contribution in [3.05, 3.63) is 29.3 Å². The van der Waals surface area contributed by atoms with E-state index in [-0.39, 0.29) is 29.7 Å². The van der Waals surface area contributed by atoms with Crippen LogP contribution in [0.15, 0.2) is 28.1 Å². The zero-order chi connectivity index (χ0) is 18.4. The molecule has 1 aromatic rings. The van der Waals surface area contributed by atoms with Gasteiger partial charge in [0.2, 0.25) is 0 Å². The maximum absolute atomic E-state index is 12.1. The number of nitrogens with one attached hydrogen (secondary N) is 2. The topological polar surface area (TPSA) is 70.6 Å². The molecule has 0 fully saturated rings. The van der Waals surface area contributed by atoms with Crippen molar-refractivity contribution in [2.45, 2.75) is 43.9 Å². The molecule has 0 aliphatic heterocycles. The van der Waals surface area contributed by atoms with Crippen LogP contribution in [0.2, 0.25) is 0 Å². The third-order valence-electron chi connectivity index (χ3n) is 3.71. The molecule has 0 aliphatic rings. The first-order valence-corrected chi connectivity index (χ1v) is 10.8. The van der Waals surface area contributed by atoms with Crippen LogP contribution in [0.4, 0.5) is 0 Å². The van der Waals surface area contributed by atoms with E-state index in [9.17, 15) is 8.42 Å². The Kier molecular flexibility index (Phi) is 10.4. The lowest BCUT2D eigenvalue weighted by atomic mass is 10.1. The predicted molar refractivity (Wildman–Crippen MR) is 120 cm³/mol. The van der Waals surface area contributed by atoms with Gasteiger partial charge in [0.25, 0.3) is 0 Å². The van der Waals surface area contributed by atoms with Gasteiger partial charge in [-0.05, 0) is 51.1 Å². The number of aliphatic imine (C=N–C) groups is 1. The number of hydrogen-bond acceptors (Lipinski definition) is 4. The smallest absolute Gasteiger partial charge is 0.191 e. The highest BCUT2D eigenvalue weighted by Gasteiger charge is 2.28. The SMILES string of the molecule is CN=C(NCCS(=O)(=O)C(C)(C)C)NCc1ccc(C)cc1SC.I. The number of aryl methyl sites for hydroxylation is 1. The van der Waals surface area contributed by atoms with Crippen LogP contribution in [0.3, 0.4) is 0 Å². The summed E-state index contributed by atoms with van der Waals surface area (Å²) in [7, 11) is -1.45. The summed E-state index contributed by atoms with van der Waals surface area (Å²) in [4.78, 5) is 5.38. The van der Waals surface area contributed by atoms with Gasteiger partial charge >= 0.3 is 0 Å². The summed E-state index contributed by atoms with van der Waals surface area (Å²) in [6.45, 7) is 8.21. The normalized spacial score (nSPS) is 12.5. The molecule has 0 unspecified atom stereocenters. The number of halogens is 1. The maximum atomic E-state index is 12.1. The van der Waals surface area contributed by atoms with Gasteiger partial charge in [-0.2, -0.15) is 0 Å². The molecule has 1 aromatic carbocycles. The molecule has 1 rings (SSSR count). The molecule has 0 heterocycles. The van der Waals surface area contributed by atoms with Crippen LogP contribution >= 0.6 is 35.7 Å². The molecule has 0 amide bonds. The molecule has 0 saturated carbocycles. The Morgan fingerprint density at radius 2 is 1.88 bits per heavy atom. The molecule has 0 aliphatic carbocycles. The van der Waals surface area contributed by atoms with Crippen LogP contribution in [-0.2, 0) is 16.4 Å². The minimum absolute atomic E-state index is 0. The van der Waals surface area contributed by atoms with Crippen LogP contribution in [0, 0.1) is 6.92 Å². The van der Waals surface area contributed by atoms with Crippen molar-refractivity contribution in [3.63, 3.8) is 0 Å². The van der Waals surface area contributed by atoms with Gasteiger partial charge in [0.1, 0.15) is 0 Å². The molecule has 0 saturated heterocycles. The fraction of sp³-hybridized carbons (Fsp3) is 0.588. The average molecular weight is 499 g/mol. The molecule has 5 nitrogen and oxygen atoms in total. The van der Waals surface area contributed by atoms with Crippen molar-refractivity contribution in [1.82, 2.24) is 10.6 Å². The van der Waals surface area contributed by atoms with Crippen molar-refractivity contribution in [3.8, 4) is 0 Å². The summed E-state index contributed by atoms with van der Waals surface area (Å²) in [5.41, 5.74) is 2.43. The van der Waals surface area contributed by atoms with Gasteiger partial charge in [-0.25, -0.2) is 8.42 Å². The molecule has 2 N–H and O–H groups in total. The number of thioether (sulfide) groups is 1. The van der Waals surface area contributed by atoms with E-state index in [1.165, 1.54) is 16.0 Å². The third-order valence-corrected chi connectivity index (χ3v) is 7.14. The Morgan fingerprint density at radius 1 is 1.24 bits per heavy atom. The number of hydrogen-bond donors (Lipinski definition) is 2. The van der Waals surface area contributed by atoms with Gasteiger partial charge in [-0.15, -0.1) is 35.7 Å². The molecule has 8 heteroatoms. The molecule has 0 aromatic heterocycles. The first kappa shape index (κ1) is 24.5. The average Bonchev–Trinajstić information content (AvgIpc) is 2.50. The van der Waals surface area contributed by atoms with Crippen molar-refractivity contribution in [2.75, 3.05) is 25.6 Å². The largest absolute Gasteiger partial charge is 0.355 e. The maximum Gasteiger partial charge on any atom is 0.191 e. The van der Waals surface area contributed by atoms with E-state index in [0.29, 0.717) is 19.0 Å². The van der Waals surface area contributed by atoms with Gasteiger partial charge in [0, 0.05) is 25.0 Å². The Bertz CT molecular complexity index is 684. The van der Waals surface area contributed by atoms with Crippen molar-refractivity contribution < 1.29 is 8.42 Å². The Hall–Kier alpha value is -0.480. The standard InChI is InChI=1S/C17H29N3O2S2.HI/c1-13-7-8-14(15(11-13)23-6)12-20-16(18-5)19-9-10-24(21,22)17(2,3)4;/h7-8,11H,9-10,12H2,1-6H3,(H2,18,19,20);1H. The Labute approximate surface area is 173 Å². The van der Waals surface area contributed by atoms with E-state index in [1.807, 2.05) is 0 Å². The lowest BCUT2D eigenvalue weighted by molar-refractivity contribution is 0.559. The molecule has 0 radical (unpaired) electrons.